The summed E-state index contributed by atoms with van der Waals surface area (Å²) in [6.07, 6.45) is 0. The van der Waals surface area contributed by atoms with E-state index in [-0.39, 0.29) is 0 Å². The highest BCUT2D eigenvalue weighted by atomic mass is 16.6. The quantitative estimate of drug-likeness (QED) is 0.511. The average molecular weight is 360 g/mol. The predicted octanol–water partition coefficient (Wildman–Crippen LogP) is 4.35. The van der Waals surface area contributed by atoms with Crippen molar-refractivity contribution in [2.45, 2.75) is 0 Å². The van der Waals surface area contributed by atoms with Gasteiger partial charge in [0.05, 0.1) is 25.3 Å². The van der Waals surface area contributed by atoms with Gasteiger partial charge in [0, 0.05) is 0 Å². The van der Waals surface area contributed by atoms with Crippen LogP contribution in [0.1, 0.15) is 20.7 Å². The van der Waals surface area contributed by atoms with Crippen molar-refractivity contribution in [3.05, 3.63) is 71.8 Å². The highest BCUT2D eigenvalue weighted by Crippen LogP contribution is 2.38. The van der Waals surface area contributed by atoms with E-state index in [2.05, 4.69) is 0 Å². The summed E-state index contributed by atoms with van der Waals surface area (Å²) in [4.78, 5) is 24.8. The number of hydrogen-bond donors (Lipinski definition) is 0. The monoisotopic (exact) mass is 360 g/mol. The normalized spacial score (nSPS) is 12.5. The van der Waals surface area contributed by atoms with Gasteiger partial charge in [-0.1, -0.05) is 36.4 Å². The van der Waals surface area contributed by atoms with E-state index in [1.165, 1.54) is 0 Å². The standard InChI is InChI=1S/C22H16O5/c1-25-15-7-3-13(4-8-15)17-11-12-18(14-5-9-16(26-2)10-6-14)20-19(17)21(23)27-22(20)24/h3-12H,1-2H3. The Balaban J connectivity index is 1.89. The minimum atomic E-state index is -0.629. The van der Waals surface area contributed by atoms with Crippen LogP contribution in [0.5, 0.6) is 11.5 Å². The SMILES string of the molecule is COc1ccc(-c2ccc(-c3ccc(OC)cc3)c3c2C(=O)OC3=O)cc1. The maximum absolute atomic E-state index is 12.4. The van der Waals surface area contributed by atoms with E-state index < -0.39 is 11.9 Å². The van der Waals surface area contributed by atoms with Gasteiger partial charge in [0.2, 0.25) is 0 Å². The minimum absolute atomic E-state index is 0.290. The number of rotatable bonds is 4. The topological polar surface area (TPSA) is 61.8 Å². The molecule has 134 valence electrons. The second kappa shape index (κ2) is 6.61. The molecular weight excluding hydrogens is 344 g/mol. The van der Waals surface area contributed by atoms with Crippen molar-refractivity contribution in [2.24, 2.45) is 0 Å². The van der Waals surface area contributed by atoms with Crippen LogP contribution < -0.4 is 9.47 Å². The zero-order valence-electron chi connectivity index (χ0n) is 14.8. The summed E-state index contributed by atoms with van der Waals surface area (Å²) in [6, 6.07) is 18.3. The molecule has 4 rings (SSSR count). The van der Waals surface area contributed by atoms with Crippen LogP contribution in [0.4, 0.5) is 0 Å². The molecule has 0 saturated heterocycles. The van der Waals surface area contributed by atoms with Gasteiger partial charge in [0.15, 0.2) is 0 Å². The van der Waals surface area contributed by atoms with E-state index in [1.807, 2.05) is 36.4 Å². The van der Waals surface area contributed by atoms with Gasteiger partial charge in [0.25, 0.3) is 0 Å². The van der Waals surface area contributed by atoms with Crippen molar-refractivity contribution in [1.29, 1.82) is 0 Å². The smallest absolute Gasteiger partial charge is 0.347 e. The van der Waals surface area contributed by atoms with Crippen LogP contribution in [-0.2, 0) is 4.74 Å². The van der Waals surface area contributed by atoms with Gasteiger partial charge in [-0.2, -0.15) is 0 Å². The lowest BCUT2D eigenvalue weighted by Crippen LogP contribution is -1.99. The first-order valence-corrected chi connectivity index (χ1v) is 8.34. The van der Waals surface area contributed by atoms with Crippen molar-refractivity contribution in [3.63, 3.8) is 0 Å². The first-order valence-electron chi connectivity index (χ1n) is 8.34. The lowest BCUT2D eigenvalue weighted by Gasteiger charge is -2.11. The summed E-state index contributed by atoms with van der Waals surface area (Å²) >= 11 is 0. The third-order valence-corrected chi connectivity index (χ3v) is 4.60. The molecule has 5 nitrogen and oxygen atoms in total. The molecule has 0 fully saturated rings. The van der Waals surface area contributed by atoms with Crippen LogP contribution in [-0.4, -0.2) is 26.2 Å². The van der Waals surface area contributed by atoms with E-state index >= 15 is 0 Å². The van der Waals surface area contributed by atoms with Crippen LogP contribution in [0.15, 0.2) is 60.7 Å². The Bertz CT molecular complexity index is 949. The number of fused-ring (bicyclic) bond motifs is 1. The number of cyclic esters (lactones) is 2. The predicted molar refractivity (Wildman–Crippen MR) is 100 cm³/mol. The highest BCUT2D eigenvalue weighted by molar-refractivity contribution is 6.21. The number of methoxy groups -OCH3 is 2. The van der Waals surface area contributed by atoms with Crippen LogP contribution >= 0.6 is 0 Å². The minimum Gasteiger partial charge on any atom is -0.497 e. The molecule has 0 atom stereocenters. The largest absolute Gasteiger partial charge is 0.497 e. The lowest BCUT2D eigenvalue weighted by molar-refractivity contribution is 0.0444. The average Bonchev–Trinajstić information content (AvgIpc) is 3.02. The maximum atomic E-state index is 12.4. The molecule has 0 radical (unpaired) electrons. The molecule has 3 aromatic rings. The molecule has 0 amide bonds. The Labute approximate surface area is 156 Å². The number of benzene rings is 3. The van der Waals surface area contributed by atoms with Gasteiger partial charge in [-0.15, -0.1) is 0 Å². The molecular formula is C22H16O5. The van der Waals surface area contributed by atoms with E-state index in [0.29, 0.717) is 33.8 Å². The molecule has 3 aromatic carbocycles. The van der Waals surface area contributed by atoms with Gasteiger partial charge in [-0.25, -0.2) is 9.59 Å². The second-order valence-corrected chi connectivity index (χ2v) is 6.04. The lowest BCUT2D eigenvalue weighted by atomic mass is 9.90. The van der Waals surface area contributed by atoms with Gasteiger partial charge < -0.3 is 14.2 Å². The summed E-state index contributed by atoms with van der Waals surface area (Å²) in [7, 11) is 3.18. The molecule has 0 bridgehead atoms. The molecule has 1 aliphatic heterocycles. The number of carbonyl (C=O) groups is 2. The zero-order valence-corrected chi connectivity index (χ0v) is 14.8. The summed E-state index contributed by atoms with van der Waals surface area (Å²) in [5, 5.41) is 0. The molecule has 0 unspecified atom stereocenters. The van der Waals surface area contributed by atoms with Crippen molar-refractivity contribution in [2.75, 3.05) is 14.2 Å². The fourth-order valence-electron chi connectivity index (χ4n) is 3.24. The molecule has 1 heterocycles. The van der Waals surface area contributed by atoms with Crippen molar-refractivity contribution >= 4 is 11.9 Å². The van der Waals surface area contributed by atoms with E-state index in [0.717, 1.165) is 11.1 Å². The molecule has 0 saturated carbocycles. The summed E-state index contributed by atoms with van der Waals surface area (Å²) in [6.45, 7) is 0. The van der Waals surface area contributed by atoms with Gasteiger partial charge in [-0.05, 0) is 46.5 Å². The molecule has 0 N–H and O–H groups in total. The Morgan fingerprint density at radius 3 is 1.30 bits per heavy atom. The molecule has 5 heteroatoms. The Morgan fingerprint density at radius 2 is 0.963 bits per heavy atom. The molecule has 1 aliphatic rings. The molecule has 0 spiro atoms. The number of carbonyl (C=O) groups excluding carboxylic acids is 2. The third kappa shape index (κ3) is 2.83. The highest BCUT2D eigenvalue weighted by Gasteiger charge is 2.35. The van der Waals surface area contributed by atoms with E-state index in [9.17, 15) is 9.59 Å². The first kappa shape index (κ1) is 16.8. The van der Waals surface area contributed by atoms with Crippen LogP contribution in [0.25, 0.3) is 22.3 Å². The van der Waals surface area contributed by atoms with Gasteiger partial charge >= 0.3 is 11.9 Å². The van der Waals surface area contributed by atoms with Crippen LogP contribution in [0.3, 0.4) is 0 Å². The summed E-state index contributed by atoms with van der Waals surface area (Å²) < 4.78 is 15.3. The second-order valence-electron chi connectivity index (χ2n) is 6.04. The zero-order chi connectivity index (χ0) is 19.0. The Kier molecular flexibility index (Phi) is 4.12. The van der Waals surface area contributed by atoms with Crippen molar-refractivity contribution in [1.82, 2.24) is 0 Å². The van der Waals surface area contributed by atoms with Crippen molar-refractivity contribution < 1.29 is 23.8 Å². The van der Waals surface area contributed by atoms with E-state index in [1.54, 1.807) is 38.5 Å². The Hall–Kier alpha value is -3.60. The number of esters is 2. The molecule has 27 heavy (non-hydrogen) atoms. The third-order valence-electron chi connectivity index (χ3n) is 4.60. The molecule has 0 aliphatic carbocycles. The summed E-state index contributed by atoms with van der Waals surface area (Å²) in [5.41, 5.74) is 3.50. The van der Waals surface area contributed by atoms with Crippen LogP contribution in [0, 0.1) is 0 Å². The number of hydrogen-bond acceptors (Lipinski definition) is 5. The fraction of sp³-hybridized carbons (Fsp3) is 0.0909. The van der Waals surface area contributed by atoms with Gasteiger partial charge in [-0.3, -0.25) is 0 Å². The Morgan fingerprint density at radius 1 is 0.593 bits per heavy atom. The summed E-state index contributed by atoms with van der Waals surface area (Å²) in [5.74, 6) is 0.167. The van der Waals surface area contributed by atoms with E-state index in [4.69, 9.17) is 14.2 Å². The number of ether oxygens (including phenoxy) is 3. The maximum Gasteiger partial charge on any atom is 0.347 e. The fourth-order valence-corrected chi connectivity index (χ4v) is 3.24. The van der Waals surface area contributed by atoms with Crippen molar-refractivity contribution in [3.8, 4) is 33.8 Å². The molecule has 0 aromatic heterocycles. The van der Waals surface area contributed by atoms with Gasteiger partial charge in [0.1, 0.15) is 11.5 Å². The van der Waals surface area contributed by atoms with Crippen LogP contribution in [0.2, 0.25) is 0 Å². The first-order chi connectivity index (χ1) is 13.1.